The van der Waals surface area contributed by atoms with Crippen molar-refractivity contribution >= 4 is 52.6 Å². The van der Waals surface area contributed by atoms with E-state index in [2.05, 4.69) is 21.3 Å². The van der Waals surface area contributed by atoms with E-state index in [1.165, 1.54) is 12.1 Å². The van der Waals surface area contributed by atoms with Gasteiger partial charge in [-0.2, -0.15) is 0 Å². The van der Waals surface area contributed by atoms with Crippen molar-refractivity contribution in [1.82, 2.24) is 21.3 Å². The topological polar surface area (TPSA) is 143 Å². The zero-order chi connectivity index (χ0) is 28.0. The second-order valence-electron chi connectivity index (χ2n) is 10.9. The maximum absolute atomic E-state index is 13.4. The minimum absolute atomic E-state index is 0.0111. The van der Waals surface area contributed by atoms with Crippen LogP contribution >= 0.6 is 23.2 Å². The first kappa shape index (κ1) is 29.7. The lowest BCUT2D eigenvalue weighted by atomic mass is 9.87. The lowest BCUT2D eigenvalue weighted by molar-refractivity contribution is -0.141. The lowest BCUT2D eigenvalue weighted by Crippen LogP contribution is -2.55. The van der Waals surface area contributed by atoms with Gasteiger partial charge in [0, 0.05) is 23.5 Å². The third kappa shape index (κ3) is 9.16. The monoisotopic (exact) mass is 568 g/mol. The highest BCUT2D eigenvalue weighted by atomic mass is 35.5. The molecule has 2 aliphatic rings. The van der Waals surface area contributed by atoms with Crippen LogP contribution in [0, 0.1) is 11.3 Å². The van der Waals surface area contributed by atoms with E-state index in [-0.39, 0.29) is 41.0 Å². The first-order chi connectivity index (χ1) is 17.8. The number of Topliss-reactive ketones (excluding diaryl/α,β-unsaturated/α-hetero) is 1. The lowest BCUT2D eigenvalue weighted by Gasteiger charge is -2.28. The largest absolute Gasteiger partial charge is 0.482 e. The van der Waals surface area contributed by atoms with Gasteiger partial charge in [0.1, 0.15) is 11.8 Å². The zero-order valence-electron chi connectivity index (χ0n) is 21.7. The van der Waals surface area contributed by atoms with E-state index < -0.39 is 48.1 Å². The second kappa shape index (κ2) is 12.8. The summed E-state index contributed by atoms with van der Waals surface area (Å²) in [6.45, 7) is 5.75. The van der Waals surface area contributed by atoms with Crippen LogP contribution < -0.4 is 26.0 Å². The van der Waals surface area contributed by atoms with Crippen molar-refractivity contribution in [1.29, 1.82) is 0 Å². The molecule has 38 heavy (non-hydrogen) atoms. The van der Waals surface area contributed by atoms with Crippen LogP contribution in [-0.2, 0) is 24.0 Å². The summed E-state index contributed by atoms with van der Waals surface area (Å²) in [6, 6.07) is 2.30. The van der Waals surface area contributed by atoms with E-state index in [0.717, 1.165) is 12.8 Å². The predicted molar refractivity (Wildman–Crippen MR) is 142 cm³/mol. The molecule has 1 aromatic rings. The third-order valence-corrected chi connectivity index (χ3v) is 6.70. The standard InChI is InChI=1S/C26H34Cl2N4O6/c1-26(2,3)12-19(31-21(33)13-38-20-7-4-15(27)11-17(20)28)24(36)32-18(10-14-8-9-29-23(14)35)22(34)25(37)30-16-5-6-16/h4,7,11,14,16,18-19H,5-6,8-10,12-13H2,1-3H3,(H,29,35)(H,30,37)(H,31,33)(H,32,36)/t14?,18?,19-/m0/s1. The molecule has 1 saturated carbocycles. The van der Waals surface area contributed by atoms with Crippen molar-refractivity contribution in [3.05, 3.63) is 28.2 Å². The van der Waals surface area contributed by atoms with Crippen LogP contribution in [0.25, 0.3) is 0 Å². The van der Waals surface area contributed by atoms with E-state index >= 15 is 0 Å². The molecular weight excluding hydrogens is 535 g/mol. The van der Waals surface area contributed by atoms with Crippen molar-refractivity contribution in [2.75, 3.05) is 13.2 Å². The number of ether oxygens (including phenoxy) is 1. The number of carbonyl (C=O) groups excluding carboxylic acids is 5. The number of nitrogens with one attached hydrogen (secondary N) is 4. The fourth-order valence-corrected chi connectivity index (χ4v) is 4.56. The molecule has 2 fully saturated rings. The normalized spacial score (nSPS) is 18.7. The molecule has 0 spiro atoms. The highest BCUT2D eigenvalue weighted by molar-refractivity contribution is 6.38. The van der Waals surface area contributed by atoms with Crippen molar-refractivity contribution in [2.24, 2.45) is 11.3 Å². The Bertz CT molecular complexity index is 1090. The van der Waals surface area contributed by atoms with Gasteiger partial charge in [-0.3, -0.25) is 24.0 Å². The van der Waals surface area contributed by atoms with Gasteiger partial charge in [0.05, 0.1) is 11.1 Å². The molecule has 2 unspecified atom stereocenters. The number of hydrogen-bond acceptors (Lipinski definition) is 6. The van der Waals surface area contributed by atoms with Gasteiger partial charge >= 0.3 is 0 Å². The van der Waals surface area contributed by atoms with Crippen LogP contribution in [0.3, 0.4) is 0 Å². The van der Waals surface area contributed by atoms with Crippen molar-refractivity contribution in [3.63, 3.8) is 0 Å². The molecule has 12 heteroatoms. The van der Waals surface area contributed by atoms with Gasteiger partial charge in [0.2, 0.25) is 17.6 Å². The predicted octanol–water partition coefficient (Wildman–Crippen LogP) is 2.15. The van der Waals surface area contributed by atoms with Gasteiger partial charge in [-0.05, 0) is 55.7 Å². The second-order valence-corrected chi connectivity index (χ2v) is 11.8. The molecule has 0 radical (unpaired) electrons. The molecule has 1 heterocycles. The Kier molecular flexibility index (Phi) is 10.0. The molecule has 4 N–H and O–H groups in total. The van der Waals surface area contributed by atoms with Gasteiger partial charge in [-0.25, -0.2) is 0 Å². The Morgan fingerprint density at radius 2 is 1.79 bits per heavy atom. The first-order valence-corrected chi connectivity index (χ1v) is 13.4. The van der Waals surface area contributed by atoms with E-state index in [4.69, 9.17) is 27.9 Å². The number of rotatable bonds is 12. The van der Waals surface area contributed by atoms with Gasteiger partial charge in [-0.1, -0.05) is 44.0 Å². The first-order valence-electron chi connectivity index (χ1n) is 12.6. The Morgan fingerprint density at radius 3 is 2.37 bits per heavy atom. The number of carbonyl (C=O) groups is 5. The van der Waals surface area contributed by atoms with Crippen LogP contribution in [-0.4, -0.2) is 60.7 Å². The van der Waals surface area contributed by atoms with Crippen molar-refractivity contribution in [2.45, 2.75) is 71.0 Å². The highest BCUT2D eigenvalue weighted by Crippen LogP contribution is 2.27. The molecule has 1 aliphatic heterocycles. The summed E-state index contributed by atoms with van der Waals surface area (Å²) in [6.07, 6.45) is 2.32. The number of hydrogen-bond donors (Lipinski definition) is 4. The summed E-state index contributed by atoms with van der Waals surface area (Å²) in [5, 5.41) is 11.3. The van der Waals surface area contributed by atoms with Crippen LogP contribution in [0.4, 0.5) is 0 Å². The molecule has 1 saturated heterocycles. The van der Waals surface area contributed by atoms with Crippen LogP contribution in [0.2, 0.25) is 10.0 Å². The van der Waals surface area contributed by atoms with E-state index in [1.807, 2.05) is 20.8 Å². The number of amides is 4. The fourth-order valence-electron chi connectivity index (χ4n) is 4.09. The molecular formula is C26H34Cl2N4O6. The molecule has 0 bridgehead atoms. The highest BCUT2D eigenvalue weighted by Gasteiger charge is 2.37. The average Bonchev–Trinajstić information content (AvgIpc) is 3.55. The zero-order valence-corrected chi connectivity index (χ0v) is 23.2. The van der Waals surface area contributed by atoms with Crippen molar-refractivity contribution in [3.8, 4) is 5.75 Å². The average molecular weight is 569 g/mol. The van der Waals surface area contributed by atoms with Crippen LogP contribution in [0.1, 0.15) is 52.9 Å². The third-order valence-electron chi connectivity index (χ3n) is 6.17. The van der Waals surface area contributed by atoms with E-state index in [1.54, 1.807) is 6.07 Å². The smallest absolute Gasteiger partial charge is 0.289 e. The molecule has 208 valence electrons. The van der Waals surface area contributed by atoms with Gasteiger partial charge in [-0.15, -0.1) is 0 Å². The molecule has 4 amide bonds. The molecule has 10 nitrogen and oxygen atoms in total. The summed E-state index contributed by atoms with van der Waals surface area (Å²) in [5.74, 6) is -3.29. The van der Waals surface area contributed by atoms with Gasteiger partial charge in [0.25, 0.3) is 11.8 Å². The number of ketones is 1. The van der Waals surface area contributed by atoms with E-state index in [9.17, 15) is 24.0 Å². The summed E-state index contributed by atoms with van der Waals surface area (Å²) >= 11 is 12.0. The maximum Gasteiger partial charge on any atom is 0.289 e. The summed E-state index contributed by atoms with van der Waals surface area (Å²) in [5.41, 5.74) is -0.371. The Labute approximate surface area is 231 Å². The number of benzene rings is 1. The Hall–Kier alpha value is -2.85. The van der Waals surface area contributed by atoms with Gasteiger partial charge < -0.3 is 26.0 Å². The molecule has 0 aromatic heterocycles. The summed E-state index contributed by atoms with van der Waals surface area (Å²) < 4.78 is 5.47. The number of halogens is 2. The van der Waals surface area contributed by atoms with Crippen LogP contribution in [0.5, 0.6) is 5.75 Å². The fraction of sp³-hybridized carbons (Fsp3) is 0.577. The quantitative estimate of drug-likeness (QED) is 0.284. The minimum atomic E-state index is -1.21. The Balaban J connectivity index is 1.69. The SMILES string of the molecule is CC(C)(C)C[C@H](NC(=O)COc1ccc(Cl)cc1Cl)C(=O)NC(CC1CCNC1=O)C(=O)C(=O)NC1CC1. The molecule has 3 rings (SSSR count). The summed E-state index contributed by atoms with van der Waals surface area (Å²) in [4.78, 5) is 63.7. The molecule has 3 atom stereocenters. The van der Waals surface area contributed by atoms with Crippen molar-refractivity contribution < 1.29 is 28.7 Å². The molecule has 1 aromatic carbocycles. The molecule has 1 aliphatic carbocycles. The van der Waals surface area contributed by atoms with Gasteiger partial charge in [0.15, 0.2) is 6.61 Å². The minimum Gasteiger partial charge on any atom is -0.482 e. The van der Waals surface area contributed by atoms with E-state index in [0.29, 0.717) is 18.0 Å². The van der Waals surface area contributed by atoms with Crippen LogP contribution in [0.15, 0.2) is 18.2 Å². The Morgan fingerprint density at radius 1 is 1.08 bits per heavy atom. The summed E-state index contributed by atoms with van der Waals surface area (Å²) in [7, 11) is 0. The maximum atomic E-state index is 13.4.